The van der Waals surface area contributed by atoms with E-state index in [0.717, 1.165) is 0 Å². The molecule has 2 N–H and O–H groups in total. The van der Waals surface area contributed by atoms with Crippen molar-refractivity contribution < 1.29 is 10.2 Å². The average Bonchev–Trinajstić information content (AvgIpc) is 2.74. The molecule has 0 aliphatic heterocycles. The van der Waals surface area contributed by atoms with Gasteiger partial charge in [0.2, 0.25) is 0 Å². The molecule has 3 rings (SSSR count). The fraction of sp³-hybridized carbons (Fsp3) is 0.429. The third-order valence-electron chi connectivity index (χ3n) is 3.34. The van der Waals surface area contributed by atoms with Gasteiger partial charge in [-0.2, -0.15) is 0 Å². The number of hydrogen-bond donors (Lipinski definition) is 2. The maximum atomic E-state index is 9.38. The van der Waals surface area contributed by atoms with E-state index in [1.807, 2.05) is 33.8 Å². The first-order valence-corrected chi connectivity index (χ1v) is 10.5. The molecule has 0 amide bonds. The van der Waals surface area contributed by atoms with Crippen molar-refractivity contribution in [3.8, 4) is 11.5 Å². The summed E-state index contributed by atoms with van der Waals surface area (Å²) in [5, 5.41) is 20.1. The lowest BCUT2D eigenvalue weighted by Gasteiger charge is -2.01. The van der Waals surface area contributed by atoms with Crippen molar-refractivity contribution in [2.45, 2.75) is 82.6 Å². The van der Waals surface area contributed by atoms with E-state index in [0.29, 0.717) is 16.7 Å². The molecule has 0 aromatic heterocycles. The molecule has 0 aliphatic carbocycles. The smallest absolute Gasteiger partial charge is 0.123 e. The van der Waals surface area contributed by atoms with Crippen LogP contribution in [0.2, 0.25) is 0 Å². The van der Waals surface area contributed by atoms with Crippen LogP contribution >= 0.6 is 0 Å². The number of benzene rings is 3. The first kappa shape index (κ1) is 35.0. The normalized spacial score (nSPS) is 8.17. The van der Waals surface area contributed by atoms with Crippen molar-refractivity contribution in [2.75, 3.05) is 0 Å². The lowest BCUT2D eigenvalue weighted by atomic mass is 10.0. The van der Waals surface area contributed by atoms with Gasteiger partial charge in [0, 0.05) is 10.8 Å². The first-order valence-electron chi connectivity index (χ1n) is 10.5. The van der Waals surface area contributed by atoms with Gasteiger partial charge in [0.1, 0.15) is 11.5 Å². The molecule has 30 heavy (non-hydrogen) atoms. The van der Waals surface area contributed by atoms with Crippen LogP contribution < -0.4 is 0 Å². The zero-order valence-corrected chi connectivity index (χ0v) is 19.0. The minimum absolute atomic E-state index is 0. The van der Waals surface area contributed by atoms with Gasteiger partial charge in [-0.15, -0.1) is 0 Å². The molecule has 0 aliphatic rings. The van der Waals surface area contributed by atoms with Crippen LogP contribution in [0.25, 0.3) is 10.8 Å². The first-order chi connectivity index (χ1) is 13.5. The summed E-state index contributed by atoms with van der Waals surface area (Å²) in [6.07, 6.45) is 1.25. The van der Waals surface area contributed by atoms with Crippen molar-refractivity contribution in [3.05, 3.63) is 72.3 Å². The summed E-state index contributed by atoms with van der Waals surface area (Å²) < 4.78 is 0. The number of phenolic OH excluding ortho intramolecular Hbond substituents is 2. The Morgan fingerprint density at radius 2 is 0.933 bits per heavy atom. The van der Waals surface area contributed by atoms with Crippen LogP contribution in [0.1, 0.15) is 88.1 Å². The molecule has 0 atom stereocenters. The van der Waals surface area contributed by atoms with E-state index >= 15 is 0 Å². The number of hydrogen-bond acceptors (Lipinski definition) is 2. The minimum Gasteiger partial charge on any atom is -0.507 e. The Hall–Kier alpha value is -2.48. The average molecular weight is 417 g/mol. The molecular weight excluding hydrogens is 368 g/mol. The quantitative estimate of drug-likeness (QED) is 0.414. The Kier molecular flexibility index (Phi) is 26.6. The lowest BCUT2D eigenvalue weighted by molar-refractivity contribution is 0.475. The van der Waals surface area contributed by atoms with Gasteiger partial charge in [-0.25, -0.2) is 0 Å². The second kappa shape index (κ2) is 22.8. The molecular formula is C28H48O2. The van der Waals surface area contributed by atoms with Crippen LogP contribution in [-0.4, -0.2) is 10.2 Å². The predicted octanol–water partition coefficient (Wildman–Crippen LogP) is 9.80. The number of aromatic hydroxyl groups is 2. The standard InChI is InChI=1S/C10H8O2.C9H12.C3H8.2C2H6.2CH4/c11-9-5-1-3-7-8(9)4-2-6-10(7)12;1-8(2)9-6-4-3-5-7-9;1-3-2;2*1-2;;/h1-6,11-12H;3-8H,1-2H3;3H2,1-2H3;2*1-2H3;2*1H4. The molecule has 0 heterocycles. The van der Waals surface area contributed by atoms with Crippen molar-refractivity contribution in [3.63, 3.8) is 0 Å². The zero-order valence-electron chi connectivity index (χ0n) is 19.0. The topological polar surface area (TPSA) is 40.5 Å². The Morgan fingerprint density at radius 1 is 0.600 bits per heavy atom. The number of rotatable bonds is 1. The zero-order chi connectivity index (χ0) is 21.9. The fourth-order valence-electron chi connectivity index (χ4n) is 2.11. The second-order valence-electron chi connectivity index (χ2n) is 5.92. The molecule has 3 aromatic rings. The van der Waals surface area contributed by atoms with E-state index in [1.165, 1.54) is 12.0 Å². The fourth-order valence-corrected chi connectivity index (χ4v) is 2.11. The summed E-state index contributed by atoms with van der Waals surface area (Å²) in [4.78, 5) is 0. The van der Waals surface area contributed by atoms with Crippen molar-refractivity contribution in [1.82, 2.24) is 0 Å². The molecule has 172 valence electrons. The van der Waals surface area contributed by atoms with Gasteiger partial charge in [-0.3, -0.25) is 0 Å². The maximum Gasteiger partial charge on any atom is 0.123 e. The highest BCUT2D eigenvalue weighted by molar-refractivity contribution is 5.92. The summed E-state index contributed by atoms with van der Waals surface area (Å²) in [6.45, 7) is 16.7. The third-order valence-corrected chi connectivity index (χ3v) is 3.34. The Morgan fingerprint density at radius 3 is 1.20 bits per heavy atom. The molecule has 0 spiro atoms. The van der Waals surface area contributed by atoms with Gasteiger partial charge < -0.3 is 10.2 Å². The van der Waals surface area contributed by atoms with Gasteiger partial charge >= 0.3 is 0 Å². The summed E-state index contributed by atoms with van der Waals surface area (Å²) in [7, 11) is 0. The highest BCUT2D eigenvalue weighted by Gasteiger charge is 2.00. The molecule has 3 aromatic carbocycles. The van der Waals surface area contributed by atoms with Gasteiger partial charge in [0.15, 0.2) is 0 Å². The van der Waals surface area contributed by atoms with Gasteiger partial charge in [-0.05, 0) is 23.6 Å². The van der Waals surface area contributed by atoms with E-state index in [-0.39, 0.29) is 26.4 Å². The summed E-state index contributed by atoms with van der Waals surface area (Å²) in [6, 6.07) is 20.7. The summed E-state index contributed by atoms with van der Waals surface area (Å²) in [5.74, 6) is 1.05. The van der Waals surface area contributed by atoms with Crippen LogP contribution in [0, 0.1) is 0 Å². The van der Waals surface area contributed by atoms with Crippen LogP contribution in [0.4, 0.5) is 0 Å². The van der Waals surface area contributed by atoms with E-state index in [1.54, 1.807) is 36.4 Å². The molecule has 0 radical (unpaired) electrons. The van der Waals surface area contributed by atoms with Crippen LogP contribution in [0.3, 0.4) is 0 Å². The highest BCUT2D eigenvalue weighted by atomic mass is 16.3. The van der Waals surface area contributed by atoms with Crippen molar-refractivity contribution in [2.24, 2.45) is 0 Å². The van der Waals surface area contributed by atoms with Gasteiger partial charge in [0.25, 0.3) is 0 Å². The SMILES string of the molecule is C.C.CC.CC.CC(C)c1ccccc1.CCC.Oc1cccc2c(O)cccc12. The van der Waals surface area contributed by atoms with Gasteiger partial charge in [-0.1, -0.05) is 131 Å². The summed E-state index contributed by atoms with van der Waals surface area (Å²) >= 11 is 0. The third kappa shape index (κ3) is 13.7. The van der Waals surface area contributed by atoms with Crippen LogP contribution in [0.15, 0.2) is 66.7 Å². The lowest BCUT2D eigenvalue weighted by Crippen LogP contribution is -1.83. The van der Waals surface area contributed by atoms with E-state index < -0.39 is 0 Å². The summed E-state index contributed by atoms with van der Waals surface area (Å²) in [5.41, 5.74) is 1.41. The Balaban J connectivity index is -0.000000169. The molecule has 0 bridgehead atoms. The molecule has 0 unspecified atom stereocenters. The molecule has 2 heteroatoms. The van der Waals surface area contributed by atoms with E-state index in [2.05, 4.69) is 52.0 Å². The van der Waals surface area contributed by atoms with Gasteiger partial charge in [0.05, 0.1) is 0 Å². The van der Waals surface area contributed by atoms with Crippen molar-refractivity contribution >= 4 is 10.8 Å². The molecule has 0 fully saturated rings. The second-order valence-corrected chi connectivity index (χ2v) is 5.92. The largest absolute Gasteiger partial charge is 0.507 e. The van der Waals surface area contributed by atoms with E-state index in [4.69, 9.17) is 0 Å². The molecule has 0 saturated heterocycles. The molecule has 0 saturated carbocycles. The van der Waals surface area contributed by atoms with Crippen molar-refractivity contribution in [1.29, 1.82) is 0 Å². The van der Waals surface area contributed by atoms with Crippen LogP contribution in [0.5, 0.6) is 11.5 Å². The predicted molar refractivity (Wildman–Crippen MR) is 140 cm³/mol. The Labute approximate surface area is 187 Å². The van der Waals surface area contributed by atoms with Crippen LogP contribution in [-0.2, 0) is 0 Å². The number of phenols is 2. The maximum absolute atomic E-state index is 9.38. The highest BCUT2D eigenvalue weighted by Crippen LogP contribution is 2.29. The van der Waals surface area contributed by atoms with E-state index in [9.17, 15) is 10.2 Å². The Bertz CT molecular complexity index is 678. The minimum atomic E-state index is 0. The number of fused-ring (bicyclic) bond motifs is 1. The monoisotopic (exact) mass is 416 g/mol. The molecule has 2 nitrogen and oxygen atoms in total.